The van der Waals surface area contributed by atoms with Gasteiger partial charge in [0.2, 0.25) is 0 Å². The standard InChI is InChI=1S/C9H14BrN2O14P3/c10-4-2-12(9(15)11-8(4)14)7-1-5(13)6(24-7)3-23-28(19,20)26-29(21,22)25-27(16,17)18/h2,5-7,13H,1,3H2,(H,19,20)(H,21,22)(H,11,14,15)(H2,16,17,18)/t5-,6+,7-/m1/s1. The molecule has 29 heavy (non-hydrogen) atoms. The van der Waals surface area contributed by atoms with Crippen molar-refractivity contribution in [1.82, 2.24) is 9.55 Å². The highest BCUT2D eigenvalue weighted by Gasteiger charge is 2.42. The average molecular weight is 547 g/mol. The third-order valence-corrected chi connectivity index (χ3v) is 7.62. The monoisotopic (exact) mass is 546 g/mol. The number of phosphoric acid groups is 3. The summed E-state index contributed by atoms with van der Waals surface area (Å²) in [6.07, 6.45) is -2.83. The number of aromatic amines is 1. The number of halogens is 1. The molecule has 20 heteroatoms. The Morgan fingerprint density at radius 3 is 2.38 bits per heavy atom. The summed E-state index contributed by atoms with van der Waals surface area (Å²) in [5.41, 5.74) is -1.56. The van der Waals surface area contributed by atoms with Crippen LogP contribution >= 0.6 is 39.4 Å². The first kappa shape index (κ1) is 24.8. The maximum Gasteiger partial charge on any atom is 0.490 e. The lowest BCUT2D eigenvalue weighted by Gasteiger charge is -2.19. The predicted octanol–water partition coefficient (Wildman–Crippen LogP) is -0.709. The number of aliphatic hydroxyl groups is 1. The SMILES string of the molecule is O=c1[nH]c(=O)n([C@H]2C[C@@H](O)[C@H](COP(=O)(O)OP(=O)(O)OP(=O)(O)O)O2)cc1Br. The maximum atomic E-state index is 11.8. The number of aliphatic hydroxyl groups excluding tert-OH is 1. The van der Waals surface area contributed by atoms with Crippen LogP contribution < -0.4 is 11.2 Å². The number of aromatic nitrogens is 2. The van der Waals surface area contributed by atoms with Crippen LogP contribution in [0.1, 0.15) is 12.6 Å². The second-order valence-electron chi connectivity index (χ2n) is 5.46. The van der Waals surface area contributed by atoms with Crippen molar-refractivity contribution in [3.8, 4) is 0 Å². The van der Waals surface area contributed by atoms with E-state index in [-0.39, 0.29) is 10.9 Å². The van der Waals surface area contributed by atoms with Gasteiger partial charge in [-0.05, 0) is 15.9 Å². The first-order valence-corrected chi connectivity index (χ1v) is 12.5. The zero-order chi connectivity index (χ0) is 22.2. The van der Waals surface area contributed by atoms with Gasteiger partial charge >= 0.3 is 29.2 Å². The number of ether oxygens (including phenoxy) is 1. The fourth-order valence-electron chi connectivity index (χ4n) is 2.18. The number of rotatable bonds is 8. The minimum atomic E-state index is -5.68. The number of hydrogen-bond acceptors (Lipinski definition) is 10. The third-order valence-electron chi connectivity index (χ3n) is 3.26. The lowest BCUT2D eigenvalue weighted by atomic mass is 10.2. The van der Waals surface area contributed by atoms with Gasteiger partial charge in [0.1, 0.15) is 12.3 Å². The zero-order valence-electron chi connectivity index (χ0n) is 13.8. The largest absolute Gasteiger partial charge is 0.490 e. The number of phosphoric ester groups is 1. The van der Waals surface area contributed by atoms with E-state index in [1.807, 2.05) is 4.98 Å². The second kappa shape index (κ2) is 8.93. The smallest absolute Gasteiger partial charge is 0.390 e. The van der Waals surface area contributed by atoms with Crippen molar-refractivity contribution in [2.75, 3.05) is 6.61 Å². The highest BCUT2D eigenvalue weighted by molar-refractivity contribution is 9.10. The Morgan fingerprint density at radius 1 is 1.17 bits per heavy atom. The molecule has 0 amide bonds. The molecule has 0 saturated carbocycles. The molecule has 166 valence electrons. The summed E-state index contributed by atoms with van der Waals surface area (Å²) in [7, 11) is -16.6. The van der Waals surface area contributed by atoms with Crippen LogP contribution in [0.2, 0.25) is 0 Å². The number of hydrogen-bond donors (Lipinski definition) is 6. The molecule has 0 bridgehead atoms. The molecule has 0 aromatic carbocycles. The molecule has 2 unspecified atom stereocenters. The van der Waals surface area contributed by atoms with Crippen molar-refractivity contribution in [3.05, 3.63) is 31.5 Å². The highest BCUT2D eigenvalue weighted by Crippen LogP contribution is 2.66. The van der Waals surface area contributed by atoms with E-state index in [9.17, 15) is 33.3 Å². The van der Waals surface area contributed by atoms with Gasteiger partial charge in [0, 0.05) is 12.6 Å². The minimum Gasteiger partial charge on any atom is -0.390 e. The van der Waals surface area contributed by atoms with Gasteiger partial charge < -0.3 is 29.4 Å². The van der Waals surface area contributed by atoms with Gasteiger partial charge in [-0.1, -0.05) is 0 Å². The molecule has 1 aromatic heterocycles. The van der Waals surface area contributed by atoms with Gasteiger partial charge in [0.05, 0.1) is 17.2 Å². The summed E-state index contributed by atoms with van der Waals surface area (Å²) in [6, 6.07) is 0. The van der Waals surface area contributed by atoms with Crippen molar-refractivity contribution < 1.29 is 56.3 Å². The molecule has 1 fully saturated rings. The summed E-state index contributed by atoms with van der Waals surface area (Å²) in [5.74, 6) is 0. The van der Waals surface area contributed by atoms with E-state index in [0.717, 1.165) is 10.8 Å². The Bertz CT molecular complexity index is 1020. The first-order valence-electron chi connectivity index (χ1n) is 7.21. The van der Waals surface area contributed by atoms with Gasteiger partial charge in [-0.2, -0.15) is 8.62 Å². The van der Waals surface area contributed by atoms with Crippen molar-refractivity contribution in [3.63, 3.8) is 0 Å². The van der Waals surface area contributed by atoms with Crippen LogP contribution in [0.5, 0.6) is 0 Å². The molecule has 5 atom stereocenters. The Balaban J connectivity index is 2.03. The summed E-state index contributed by atoms with van der Waals surface area (Å²) in [5, 5.41) is 9.97. The summed E-state index contributed by atoms with van der Waals surface area (Å²) < 4.78 is 51.2. The molecule has 16 nitrogen and oxygen atoms in total. The molecular formula is C9H14BrN2O14P3. The van der Waals surface area contributed by atoms with Crippen LogP contribution in [-0.2, 0) is 31.6 Å². The molecule has 1 aliphatic rings. The molecule has 1 aliphatic heterocycles. The molecule has 6 N–H and O–H groups in total. The summed E-state index contributed by atoms with van der Waals surface area (Å²) in [6.45, 7) is -0.888. The Labute approximate surface area is 168 Å². The van der Waals surface area contributed by atoms with Crippen LogP contribution in [0.15, 0.2) is 20.3 Å². The van der Waals surface area contributed by atoms with Crippen LogP contribution in [0.4, 0.5) is 0 Å². The van der Waals surface area contributed by atoms with Gasteiger partial charge in [0.25, 0.3) is 5.56 Å². The molecule has 0 spiro atoms. The average Bonchev–Trinajstić information content (AvgIpc) is 2.86. The molecule has 1 saturated heterocycles. The van der Waals surface area contributed by atoms with Crippen molar-refractivity contribution >= 4 is 39.4 Å². The Hall–Kier alpha value is -0.510. The molecule has 2 rings (SSSR count). The fourth-order valence-corrected chi connectivity index (χ4v) is 5.53. The van der Waals surface area contributed by atoms with E-state index in [1.54, 1.807) is 0 Å². The summed E-state index contributed by atoms with van der Waals surface area (Å²) in [4.78, 5) is 60.5. The van der Waals surface area contributed by atoms with Crippen molar-refractivity contribution in [2.24, 2.45) is 0 Å². The van der Waals surface area contributed by atoms with Crippen LogP contribution in [0.25, 0.3) is 0 Å². The molecule has 1 aromatic rings. The fraction of sp³-hybridized carbons (Fsp3) is 0.556. The third kappa shape index (κ3) is 7.29. The molecule has 2 heterocycles. The lowest BCUT2D eigenvalue weighted by Crippen LogP contribution is -2.32. The highest BCUT2D eigenvalue weighted by atomic mass is 79.9. The van der Waals surface area contributed by atoms with E-state index in [1.165, 1.54) is 0 Å². The lowest BCUT2D eigenvalue weighted by molar-refractivity contribution is -0.0450. The van der Waals surface area contributed by atoms with Crippen LogP contribution in [0.3, 0.4) is 0 Å². The van der Waals surface area contributed by atoms with Gasteiger partial charge in [-0.15, -0.1) is 0 Å². The minimum absolute atomic E-state index is 0.00750. The van der Waals surface area contributed by atoms with E-state index in [4.69, 9.17) is 19.4 Å². The normalized spacial score (nSPS) is 26.8. The van der Waals surface area contributed by atoms with Gasteiger partial charge in [0.15, 0.2) is 0 Å². The van der Waals surface area contributed by atoms with E-state index in [2.05, 4.69) is 29.1 Å². The van der Waals surface area contributed by atoms with Crippen LogP contribution in [0, 0.1) is 0 Å². The number of nitrogens with zero attached hydrogens (tertiary/aromatic N) is 1. The second-order valence-corrected chi connectivity index (χ2v) is 10.7. The topological polar surface area (TPSA) is 244 Å². The Morgan fingerprint density at radius 2 is 1.79 bits per heavy atom. The first-order chi connectivity index (χ1) is 13.1. The number of H-pyrrole nitrogens is 1. The zero-order valence-corrected chi connectivity index (χ0v) is 18.1. The molecule has 0 radical (unpaired) electrons. The number of nitrogens with one attached hydrogen (secondary N) is 1. The molecular weight excluding hydrogens is 533 g/mol. The summed E-state index contributed by atoms with van der Waals surface area (Å²) >= 11 is 2.91. The van der Waals surface area contributed by atoms with E-state index < -0.39 is 59.8 Å². The van der Waals surface area contributed by atoms with E-state index in [0.29, 0.717) is 0 Å². The van der Waals surface area contributed by atoms with Crippen molar-refractivity contribution in [2.45, 2.75) is 24.9 Å². The quantitative estimate of drug-likeness (QED) is 0.220. The van der Waals surface area contributed by atoms with E-state index >= 15 is 0 Å². The van der Waals surface area contributed by atoms with Crippen LogP contribution in [-0.4, -0.2) is 53.0 Å². The maximum absolute atomic E-state index is 11.8. The van der Waals surface area contributed by atoms with Crippen molar-refractivity contribution in [1.29, 1.82) is 0 Å². The van der Waals surface area contributed by atoms with Gasteiger partial charge in [-0.25, -0.2) is 18.5 Å². The molecule has 0 aliphatic carbocycles. The predicted molar refractivity (Wildman–Crippen MR) is 93.4 cm³/mol. The Kier molecular flexibility index (Phi) is 7.62. The van der Waals surface area contributed by atoms with Gasteiger partial charge in [-0.3, -0.25) is 18.9 Å².